The number of hydrogen-bond acceptors (Lipinski definition) is 12. The Kier molecular flexibility index (Phi) is 10.4. The molecule has 0 heterocycles. The van der Waals surface area contributed by atoms with Gasteiger partial charge in [0.2, 0.25) is 0 Å². The number of ether oxygens (including phenoxy) is 1. The maximum absolute atomic E-state index is 11.9. The Bertz CT molecular complexity index is 2570. The maximum Gasteiger partial charge on any atom is 0.298 e. The summed E-state index contributed by atoms with van der Waals surface area (Å²) in [6, 6.07) is 30.0. The summed E-state index contributed by atoms with van der Waals surface area (Å²) in [7, 11) is -4.68. The Morgan fingerprint density at radius 3 is 1.62 bits per heavy atom. The molecule has 0 aliphatic heterocycles. The normalized spacial score (nSPS) is 11.9. The maximum atomic E-state index is 11.9. The molecular formula is C39H33N7O6S. The van der Waals surface area contributed by atoms with Crippen molar-refractivity contribution >= 4 is 72.9 Å². The number of para-hydroxylation sites is 1. The van der Waals surface area contributed by atoms with Gasteiger partial charge in [-0.25, -0.2) is 0 Å². The van der Waals surface area contributed by atoms with Crippen LogP contribution in [0, 0.1) is 27.7 Å². The minimum Gasteiger partial charge on any atom is -0.505 e. The van der Waals surface area contributed by atoms with Crippen LogP contribution in [-0.2, 0) is 14.9 Å². The Balaban J connectivity index is 1.18. The Hall–Kier alpha value is -6.64. The first-order chi connectivity index (χ1) is 25.4. The molecule has 0 aromatic heterocycles. The molecule has 0 spiro atoms. The minimum atomic E-state index is -4.68. The van der Waals surface area contributed by atoms with Gasteiger partial charge in [0.1, 0.15) is 22.0 Å². The van der Waals surface area contributed by atoms with Crippen molar-refractivity contribution in [2.45, 2.75) is 32.6 Å². The van der Waals surface area contributed by atoms with Crippen LogP contribution in [0.25, 0.3) is 10.8 Å². The third-order valence-corrected chi connectivity index (χ3v) is 9.13. The first-order valence-electron chi connectivity index (χ1n) is 16.2. The molecular weight excluding hydrogens is 695 g/mol. The number of carbonyl (C=O) groups is 1. The molecule has 53 heavy (non-hydrogen) atoms. The lowest BCUT2D eigenvalue weighted by atomic mass is 10.1. The fraction of sp³-hybridized carbons (Fsp3) is 0.103. The van der Waals surface area contributed by atoms with E-state index in [1.807, 2.05) is 87.5 Å². The zero-order chi connectivity index (χ0) is 37.7. The zero-order valence-electron chi connectivity index (χ0n) is 29.0. The number of aromatic hydroxyl groups is 1. The van der Waals surface area contributed by atoms with Crippen molar-refractivity contribution in [1.29, 1.82) is 0 Å². The largest absolute Gasteiger partial charge is 0.505 e. The molecule has 0 saturated carbocycles. The highest BCUT2D eigenvalue weighted by atomic mass is 32.2. The minimum absolute atomic E-state index is 0.0400. The highest BCUT2D eigenvalue weighted by Crippen LogP contribution is 2.39. The summed E-state index contributed by atoms with van der Waals surface area (Å²) in [5, 5.41) is 41.9. The molecule has 3 N–H and O–H groups in total. The zero-order valence-corrected chi connectivity index (χ0v) is 29.8. The van der Waals surface area contributed by atoms with E-state index in [2.05, 4.69) is 40.7 Å². The predicted molar refractivity (Wildman–Crippen MR) is 203 cm³/mol. The van der Waals surface area contributed by atoms with Gasteiger partial charge >= 0.3 is 0 Å². The smallest absolute Gasteiger partial charge is 0.298 e. The van der Waals surface area contributed by atoms with Gasteiger partial charge in [0.15, 0.2) is 5.75 Å². The summed E-state index contributed by atoms with van der Waals surface area (Å²) >= 11 is 0. The number of aryl methyl sites for hydroxylation is 4. The number of azo groups is 3. The van der Waals surface area contributed by atoms with Crippen molar-refractivity contribution in [2.75, 3.05) is 5.32 Å². The second kappa shape index (κ2) is 15.3. The van der Waals surface area contributed by atoms with Crippen LogP contribution in [0.3, 0.4) is 0 Å². The Morgan fingerprint density at radius 1 is 0.585 bits per heavy atom. The molecule has 6 aromatic rings. The number of carbonyl (C=O) groups excluding carboxylic acids is 1. The van der Waals surface area contributed by atoms with E-state index in [0.717, 1.165) is 39.5 Å². The van der Waals surface area contributed by atoms with E-state index in [-0.39, 0.29) is 23.7 Å². The molecule has 0 amide bonds. The van der Waals surface area contributed by atoms with E-state index < -0.39 is 15.0 Å². The van der Waals surface area contributed by atoms with E-state index in [9.17, 15) is 22.9 Å². The third kappa shape index (κ3) is 8.47. The summed E-state index contributed by atoms with van der Waals surface area (Å²) in [5.74, 6) is -0.0379. The van der Waals surface area contributed by atoms with Gasteiger partial charge in [-0.2, -0.15) is 28.9 Å². The van der Waals surface area contributed by atoms with Crippen molar-refractivity contribution in [1.82, 2.24) is 0 Å². The fourth-order valence-electron chi connectivity index (χ4n) is 5.39. The van der Waals surface area contributed by atoms with Crippen molar-refractivity contribution in [2.24, 2.45) is 30.7 Å². The number of phenolic OH excluding ortho intramolecular Hbond substituents is 1. The molecule has 6 aromatic carbocycles. The summed E-state index contributed by atoms with van der Waals surface area (Å²) in [6.07, 6.45) is 0. The highest BCUT2D eigenvalue weighted by Gasteiger charge is 2.18. The van der Waals surface area contributed by atoms with Crippen molar-refractivity contribution in [3.63, 3.8) is 0 Å². The SMILES string of the molecule is Cc1cc(N=Nc2ccc(OC=O)cc2S(=O)(=O)O)c(C)cc1N=Nc1cc(C)c(N=Nc2ccc3cc(Nc4ccccc4)ccc3c2O)cc1C. The molecule has 0 radical (unpaired) electrons. The second-order valence-corrected chi connectivity index (χ2v) is 13.5. The van der Waals surface area contributed by atoms with Crippen molar-refractivity contribution in [3.05, 3.63) is 125 Å². The molecule has 0 bridgehead atoms. The lowest BCUT2D eigenvalue weighted by Gasteiger charge is -2.09. The van der Waals surface area contributed by atoms with Gasteiger partial charge < -0.3 is 15.2 Å². The average Bonchev–Trinajstić information content (AvgIpc) is 3.13. The number of anilines is 2. The topological polar surface area (TPSA) is 187 Å². The van der Waals surface area contributed by atoms with Crippen molar-refractivity contribution < 1.29 is 27.6 Å². The van der Waals surface area contributed by atoms with Crippen LogP contribution in [0.4, 0.5) is 45.5 Å². The standard InChI is InChI=1S/C39H33N7O6S/c1-23-18-36(25(3)16-34(23)43-41-32-15-12-30(52-22-47)21-38(32)53(49,50)51)45-46-37-19-24(2)35(17-26(37)4)44-42-33-14-10-27-20-29(11-13-31(27)39(33)48)40-28-8-6-5-7-9-28/h5-22,40,48H,1-4H3,(H,49,50,51). The van der Waals surface area contributed by atoms with Crippen LogP contribution in [0.5, 0.6) is 11.5 Å². The fourth-order valence-corrected chi connectivity index (χ4v) is 6.02. The van der Waals surface area contributed by atoms with E-state index in [1.165, 1.54) is 12.1 Å². The van der Waals surface area contributed by atoms with E-state index in [1.54, 1.807) is 25.1 Å². The van der Waals surface area contributed by atoms with Gasteiger partial charge in [0.05, 0.1) is 22.7 Å². The van der Waals surface area contributed by atoms with Crippen LogP contribution in [0.2, 0.25) is 0 Å². The molecule has 14 heteroatoms. The molecule has 0 unspecified atom stereocenters. The number of hydrogen-bond donors (Lipinski definition) is 3. The van der Waals surface area contributed by atoms with E-state index in [0.29, 0.717) is 39.4 Å². The van der Waals surface area contributed by atoms with Gasteiger partial charge in [0, 0.05) is 22.8 Å². The molecule has 6 rings (SSSR count). The van der Waals surface area contributed by atoms with Crippen molar-refractivity contribution in [3.8, 4) is 11.5 Å². The molecule has 0 fully saturated rings. The molecule has 13 nitrogen and oxygen atoms in total. The van der Waals surface area contributed by atoms with Crippen LogP contribution in [0.15, 0.2) is 139 Å². The second-order valence-electron chi connectivity index (χ2n) is 12.1. The van der Waals surface area contributed by atoms with Gasteiger partial charge in [-0.15, -0.1) is 10.2 Å². The molecule has 0 saturated heterocycles. The van der Waals surface area contributed by atoms with Gasteiger partial charge in [-0.3, -0.25) is 9.35 Å². The van der Waals surface area contributed by atoms with Crippen LogP contribution in [0.1, 0.15) is 22.3 Å². The molecule has 0 aliphatic carbocycles. The molecule has 0 aliphatic rings. The van der Waals surface area contributed by atoms with Gasteiger partial charge in [-0.05, 0) is 128 Å². The van der Waals surface area contributed by atoms with Crippen LogP contribution >= 0.6 is 0 Å². The first kappa shape index (κ1) is 36.2. The van der Waals surface area contributed by atoms with Crippen LogP contribution in [-0.4, -0.2) is 24.5 Å². The Labute approximate surface area is 305 Å². The summed E-state index contributed by atoms with van der Waals surface area (Å²) < 4.78 is 38.1. The lowest BCUT2D eigenvalue weighted by molar-refractivity contribution is -0.120. The average molecular weight is 728 g/mol. The number of rotatable bonds is 11. The van der Waals surface area contributed by atoms with E-state index in [4.69, 9.17) is 0 Å². The summed E-state index contributed by atoms with van der Waals surface area (Å²) in [6.45, 7) is 7.54. The summed E-state index contributed by atoms with van der Waals surface area (Å²) in [5.41, 5.74) is 7.40. The predicted octanol–water partition coefficient (Wildman–Crippen LogP) is 11.6. The number of fused-ring (bicyclic) bond motifs is 1. The number of nitrogens with one attached hydrogen (secondary N) is 1. The molecule has 266 valence electrons. The van der Waals surface area contributed by atoms with Gasteiger partial charge in [-0.1, -0.05) is 24.3 Å². The first-order valence-corrected chi connectivity index (χ1v) is 17.6. The number of benzene rings is 6. The molecule has 0 atom stereocenters. The number of phenols is 1. The number of nitrogens with zero attached hydrogens (tertiary/aromatic N) is 6. The van der Waals surface area contributed by atoms with Gasteiger partial charge in [0.25, 0.3) is 16.6 Å². The highest BCUT2D eigenvalue weighted by molar-refractivity contribution is 7.86. The monoisotopic (exact) mass is 727 g/mol. The Morgan fingerprint density at radius 2 is 1.09 bits per heavy atom. The lowest BCUT2D eigenvalue weighted by Crippen LogP contribution is -1.99. The quantitative estimate of drug-likeness (QED) is 0.0672. The third-order valence-electron chi connectivity index (χ3n) is 8.25. The van der Waals surface area contributed by atoms with Crippen LogP contribution < -0.4 is 10.1 Å². The van der Waals surface area contributed by atoms with E-state index >= 15 is 0 Å². The summed E-state index contributed by atoms with van der Waals surface area (Å²) in [4.78, 5) is 10.1.